The summed E-state index contributed by atoms with van der Waals surface area (Å²) in [4.78, 5) is 11.2. The van der Waals surface area contributed by atoms with E-state index in [9.17, 15) is 22.4 Å². The fraction of sp³-hybridized carbons (Fsp3) is 0.889. The van der Waals surface area contributed by atoms with Gasteiger partial charge in [0.2, 0.25) is 5.91 Å². The van der Waals surface area contributed by atoms with Crippen LogP contribution in [0.4, 0.5) is 17.6 Å². The Bertz CT molecular complexity index is 236. The average Bonchev–Trinajstić information content (AvgIpc) is 2.23. The molecule has 0 fully saturated rings. The first-order valence-electron chi connectivity index (χ1n) is 4.91. The van der Waals surface area contributed by atoms with E-state index in [1.54, 1.807) is 19.2 Å². The van der Waals surface area contributed by atoms with Crippen molar-refractivity contribution in [3.8, 4) is 0 Å². The van der Waals surface area contributed by atoms with E-state index in [-0.39, 0.29) is 5.92 Å². The van der Waals surface area contributed by atoms with Gasteiger partial charge in [-0.25, -0.2) is 8.78 Å². The fourth-order valence-electron chi connectivity index (χ4n) is 0.912. The lowest BCUT2D eigenvalue weighted by molar-refractivity contribution is -0.137. The second kappa shape index (κ2) is 6.03. The van der Waals surface area contributed by atoms with Crippen molar-refractivity contribution in [2.75, 3.05) is 6.54 Å². The molecule has 0 spiro atoms. The number of nitrogens with two attached hydrogens (primary N) is 1. The van der Waals surface area contributed by atoms with Crippen molar-refractivity contribution in [2.45, 2.75) is 38.7 Å². The van der Waals surface area contributed by atoms with Gasteiger partial charge in [0, 0.05) is 0 Å². The number of nitrogens with one attached hydrogen (secondary N) is 1. The lowest BCUT2D eigenvalue weighted by atomic mass is 9.99. The van der Waals surface area contributed by atoms with Crippen LogP contribution >= 0.6 is 0 Å². The minimum atomic E-state index is -4.22. The fourth-order valence-corrected chi connectivity index (χ4v) is 0.912. The summed E-state index contributed by atoms with van der Waals surface area (Å²) in [5.41, 5.74) is 5.43. The predicted molar refractivity (Wildman–Crippen MR) is 51.4 cm³/mol. The molecule has 96 valence electrons. The summed E-state index contributed by atoms with van der Waals surface area (Å²) in [7, 11) is 0. The average molecular weight is 244 g/mol. The Balaban J connectivity index is 4.17. The van der Waals surface area contributed by atoms with Gasteiger partial charge in [0.15, 0.2) is 0 Å². The minimum absolute atomic E-state index is 0.194. The zero-order valence-corrected chi connectivity index (χ0v) is 9.14. The van der Waals surface area contributed by atoms with Crippen molar-refractivity contribution in [3.63, 3.8) is 0 Å². The highest BCUT2D eigenvalue weighted by molar-refractivity contribution is 5.81. The number of hydrogen-bond acceptors (Lipinski definition) is 2. The van der Waals surface area contributed by atoms with Crippen LogP contribution in [0.3, 0.4) is 0 Å². The number of carbonyl (C=O) groups excluding carboxylic acids is 1. The van der Waals surface area contributed by atoms with Gasteiger partial charge in [0.05, 0.1) is 12.6 Å². The lowest BCUT2D eigenvalue weighted by Crippen LogP contribution is -2.49. The van der Waals surface area contributed by atoms with E-state index in [0.717, 1.165) is 0 Å². The molecule has 7 heteroatoms. The Hall–Kier alpha value is -0.850. The van der Waals surface area contributed by atoms with E-state index < -0.39 is 30.8 Å². The Kier molecular flexibility index (Phi) is 5.71. The van der Waals surface area contributed by atoms with E-state index in [1.165, 1.54) is 0 Å². The zero-order chi connectivity index (χ0) is 12.9. The van der Waals surface area contributed by atoms with Gasteiger partial charge in [-0.1, -0.05) is 20.3 Å². The van der Waals surface area contributed by atoms with Gasteiger partial charge in [-0.3, -0.25) is 4.79 Å². The first-order chi connectivity index (χ1) is 7.22. The number of carbonyl (C=O) groups is 1. The smallest absolute Gasteiger partial charge is 0.324 e. The number of hydrogen-bond donors (Lipinski definition) is 2. The van der Waals surface area contributed by atoms with E-state index in [1.807, 2.05) is 0 Å². The molecule has 0 aliphatic carbocycles. The Morgan fingerprint density at radius 1 is 1.44 bits per heavy atom. The normalized spacial score (nSPS) is 16.0. The first kappa shape index (κ1) is 15.2. The third-order valence-electron chi connectivity index (χ3n) is 2.38. The van der Waals surface area contributed by atoms with Crippen molar-refractivity contribution < 1.29 is 22.4 Å². The summed E-state index contributed by atoms with van der Waals surface area (Å²) in [6.07, 6.45) is -3.20. The molecule has 2 atom stereocenters. The Labute approximate surface area is 91.4 Å². The van der Waals surface area contributed by atoms with Crippen LogP contribution in [0.2, 0.25) is 0 Å². The summed E-state index contributed by atoms with van der Waals surface area (Å²) < 4.78 is 48.4. The van der Waals surface area contributed by atoms with Crippen molar-refractivity contribution in [1.82, 2.24) is 5.32 Å². The van der Waals surface area contributed by atoms with Crippen LogP contribution in [0.1, 0.15) is 20.3 Å². The van der Waals surface area contributed by atoms with Gasteiger partial charge in [-0.2, -0.15) is 8.78 Å². The Morgan fingerprint density at radius 3 is 2.31 bits per heavy atom. The van der Waals surface area contributed by atoms with E-state index in [2.05, 4.69) is 0 Å². The molecule has 2 unspecified atom stereocenters. The summed E-state index contributed by atoms with van der Waals surface area (Å²) >= 11 is 0. The molecule has 0 bridgehead atoms. The van der Waals surface area contributed by atoms with E-state index in [4.69, 9.17) is 5.73 Å². The maximum Gasteiger partial charge on any atom is 0.324 e. The standard InChI is InChI=1S/C9H16F4N2O/c1-3-5(2)6(14)7(16)15-4-9(12,13)8(10)11/h5-6,8H,3-4,14H2,1-2H3,(H,15,16). The second-order valence-electron chi connectivity index (χ2n) is 3.69. The monoisotopic (exact) mass is 244 g/mol. The molecule has 0 aromatic heterocycles. The van der Waals surface area contributed by atoms with Crippen LogP contribution < -0.4 is 11.1 Å². The summed E-state index contributed by atoms with van der Waals surface area (Å²) in [6.45, 7) is 2.06. The summed E-state index contributed by atoms with van der Waals surface area (Å²) in [5, 5.41) is 1.73. The summed E-state index contributed by atoms with van der Waals surface area (Å²) in [6, 6.07) is -0.960. The van der Waals surface area contributed by atoms with Crippen molar-refractivity contribution in [1.29, 1.82) is 0 Å². The highest BCUT2D eigenvalue weighted by atomic mass is 19.3. The van der Waals surface area contributed by atoms with Crippen LogP contribution in [0.25, 0.3) is 0 Å². The van der Waals surface area contributed by atoms with Crippen LogP contribution in [0, 0.1) is 5.92 Å². The van der Waals surface area contributed by atoms with Crippen LogP contribution in [0.5, 0.6) is 0 Å². The molecule has 0 aromatic carbocycles. The van der Waals surface area contributed by atoms with Crippen molar-refractivity contribution in [3.05, 3.63) is 0 Å². The molecular weight excluding hydrogens is 228 g/mol. The maximum absolute atomic E-state index is 12.4. The van der Waals surface area contributed by atoms with Crippen LogP contribution in [-0.2, 0) is 4.79 Å². The molecule has 0 saturated carbocycles. The molecule has 0 aliphatic heterocycles. The number of amides is 1. The molecular formula is C9H16F4N2O. The molecule has 0 rings (SSSR count). The quantitative estimate of drug-likeness (QED) is 0.693. The molecule has 0 saturated heterocycles. The summed E-state index contributed by atoms with van der Waals surface area (Å²) in [5.74, 6) is -5.25. The van der Waals surface area contributed by atoms with Crippen LogP contribution in [-0.4, -0.2) is 30.8 Å². The number of alkyl halides is 4. The molecule has 16 heavy (non-hydrogen) atoms. The van der Waals surface area contributed by atoms with Gasteiger partial charge in [0.1, 0.15) is 0 Å². The highest BCUT2D eigenvalue weighted by Gasteiger charge is 2.41. The van der Waals surface area contributed by atoms with E-state index in [0.29, 0.717) is 6.42 Å². The van der Waals surface area contributed by atoms with Crippen LogP contribution in [0.15, 0.2) is 0 Å². The molecule has 0 aliphatic rings. The molecule has 3 N–H and O–H groups in total. The Morgan fingerprint density at radius 2 is 1.94 bits per heavy atom. The van der Waals surface area contributed by atoms with Crippen molar-refractivity contribution >= 4 is 5.91 Å². The third kappa shape index (κ3) is 4.34. The number of rotatable bonds is 6. The molecule has 0 heterocycles. The van der Waals surface area contributed by atoms with Gasteiger partial charge >= 0.3 is 12.3 Å². The van der Waals surface area contributed by atoms with E-state index >= 15 is 0 Å². The zero-order valence-electron chi connectivity index (χ0n) is 9.14. The van der Waals surface area contributed by atoms with Gasteiger partial charge in [0.25, 0.3) is 0 Å². The number of halogens is 4. The molecule has 0 aromatic rings. The van der Waals surface area contributed by atoms with Crippen molar-refractivity contribution in [2.24, 2.45) is 11.7 Å². The lowest BCUT2D eigenvalue weighted by Gasteiger charge is -2.20. The van der Waals surface area contributed by atoms with Gasteiger partial charge in [-0.05, 0) is 5.92 Å². The topological polar surface area (TPSA) is 55.1 Å². The maximum atomic E-state index is 12.4. The second-order valence-corrected chi connectivity index (χ2v) is 3.69. The first-order valence-corrected chi connectivity index (χ1v) is 4.91. The largest absolute Gasteiger partial charge is 0.348 e. The molecule has 1 amide bonds. The molecule has 3 nitrogen and oxygen atoms in total. The highest BCUT2D eigenvalue weighted by Crippen LogP contribution is 2.21. The van der Waals surface area contributed by atoms with Gasteiger partial charge in [-0.15, -0.1) is 0 Å². The molecule has 0 radical (unpaired) electrons. The predicted octanol–water partition coefficient (Wildman–Crippen LogP) is 1.38. The SMILES string of the molecule is CCC(C)C(N)C(=O)NCC(F)(F)C(F)F. The third-order valence-corrected chi connectivity index (χ3v) is 2.38. The van der Waals surface area contributed by atoms with Gasteiger partial charge < -0.3 is 11.1 Å². The minimum Gasteiger partial charge on any atom is -0.348 e.